The summed E-state index contributed by atoms with van der Waals surface area (Å²) in [6.07, 6.45) is 0. The molecule has 1 unspecified atom stereocenters. The van der Waals surface area contributed by atoms with E-state index in [1.807, 2.05) is 0 Å². The minimum absolute atomic E-state index is 0.0348. The summed E-state index contributed by atoms with van der Waals surface area (Å²) >= 11 is 5.77. The van der Waals surface area contributed by atoms with Gasteiger partial charge in [-0.15, -0.1) is 0 Å². The van der Waals surface area contributed by atoms with Crippen molar-refractivity contribution in [2.45, 2.75) is 24.4 Å². The number of rotatable bonds is 6. The quantitative estimate of drug-likeness (QED) is 0.466. The summed E-state index contributed by atoms with van der Waals surface area (Å²) in [6.45, 7) is 0.734. The predicted octanol–water partition coefficient (Wildman–Crippen LogP) is 4.25. The van der Waals surface area contributed by atoms with Crippen LogP contribution in [-0.4, -0.2) is 49.4 Å². The van der Waals surface area contributed by atoms with Crippen molar-refractivity contribution < 1.29 is 31.2 Å². The molecule has 0 aliphatic carbocycles. The Kier molecular flexibility index (Phi) is 7.95. The summed E-state index contributed by atoms with van der Waals surface area (Å²) in [5, 5.41) is 2.29. The fourth-order valence-electron chi connectivity index (χ4n) is 3.82. The van der Waals surface area contributed by atoms with Gasteiger partial charge in [0.05, 0.1) is 23.1 Å². The summed E-state index contributed by atoms with van der Waals surface area (Å²) in [5.74, 6) is -3.11. The molecule has 0 radical (unpaired) electrons. The van der Waals surface area contributed by atoms with Gasteiger partial charge in [-0.25, -0.2) is 26.4 Å². The lowest BCUT2D eigenvalue weighted by Crippen LogP contribution is -2.62. The van der Waals surface area contributed by atoms with Gasteiger partial charge < -0.3 is 15.1 Å². The van der Waals surface area contributed by atoms with E-state index in [9.17, 15) is 31.2 Å². The van der Waals surface area contributed by atoms with Gasteiger partial charge in [-0.2, -0.15) is 4.72 Å². The van der Waals surface area contributed by atoms with Crippen molar-refractivity contribution in [1.29, 1.82) is 0 Å². The van der Waals surface area contributed by atoms with E-state index in [4.69, 9.17) is 11.6 Å². The van der Waals surface area contributed by atoms with Gasteiger partial charge in [0.25, 0.3) is 0 Å². The highest BCUT2D eigenvalue weighted by Crippen LogP contribution is 2.22. The molecule has 1 fully saturated rings. The minimum atomic E-state index is -4.18. The normalized spacial score (nSPS) is 16.0. The third-order valence-electron chi connectivity index (χ3n) is 5.82. The van der Waals surface area contributed by atoms with Crippen LogP contribution in [0.25, 0.3) is 0 Å². The van der Waals surface area contributed by atoms with Crippen LogP contribution in [0.15, 0.2) is 65.6 Å². The van der Waals surface area contributed by atoms with E-state index in [-0.39, 0.29) is 40.9 Å². The number of carbonyl (C=O) groups is 2. The lowest BCUT2D eigenvalue weighted by atomic mass is 10.1. The van der Waals surface area contributed by atoms with Crippen LogP contribution in [0.2, 0.25) is 5.02 Å². The number of halogens is 4. The number of hydrogen-bond donors (Lipinski definition) is 2. The number of nitrogens with one attached hydrogen (secondary N) is 2. The van der Waals surface area contributed by atoms with Crippen molar-refractivity contribution in [3.05, 3.63) is 94.3 Å². The molecule has 1 atom stereocenters. The molecule has 0 spiro atoms. The van der Waals surface area contributed by atoms with E-state index in [1.165, 1.54) is 24.3 Å². The van der Waals surface area contributed by atoms with Crippen LogP contribution in [0.4, 0.5) is 23.7 Å². The second-order valence-electron chi connectivity index (χ2n) is 8.68. The lowest BCUT2D eigenvalue weighted by molar-refractivity contribution is -0.139. The topological polar surface area (TPSA) is 98.8 Å². The van der Waals surface area contributed by atoms with Crippen LogP contribution in [0.5, 0.6) is 0 Å². The predicted molar refractivity (Wildman–Crippen MR) is 134 cm³/mol. The zero-order valence-electron chi connectivity index (χ0n) is 19.9. The minimum Gasteiger partial charge on any atom is -0.319 e. The molecule has 4 rings (SSSR count). The van der Waals surface area contributed by atoms with Crippen LogP contribution >= 0.6 is 11.6 Å². The average molecular weight is 567 g/mol. The third kappa shape index (κ3) is 6.26. The molecule has 38 heavy (non-hydrogen) atoms. The van der Waals surface area contributed by atoms with Crippen molar-refractivity contribution >= 4 is 39.2 Å². The van der Waals surface area contributed by atoms with E-state index in [0.29, 0.717) is 6.07 Å². The Balaban J connectivity index is 1.61. The van der Waals surface area contributed by atoms with Crippen molar-refractivity contribution in [2.24, 2.45) is 0 Å². The number of nitrogens with zero attached hydrogens (tertiary/aromatic N) is 2. The van der Waals surface area contributed by atoms with E-state index >= 15 is 0 Å². The summed E-state index contributed by atoms with van der Waals surface area (Å²) in [7, 11) is -4.18. The summed E-state index contributed by atoms with van der Waals surface area (Å²) in [4.78, 5) is 28.4. The molecule has 1 aliphatic heterocycles. The molecule has 1 saturated heterocycles. The van der Waals surface area contributed by atoms with Crippen LogP contribution in [-0.2, 0) is 21.4 Å². The number of sulfonamides is 1. The highest BCUT2D eigenvalue weighted by molar-refractivity contribution is 7.89. The molecule has 1 heterocycles. The molecule has 3 aromatic carbocycles. The Bertz CT molecular complexity index is 1490. The Morgan fingerprint density at radius 2 is 1.74 bits per heavy atom. The van der Waals surface area contributed by atoms with E-state index in [0.717, 1.165) is 33.6 Å². The second kappa shape index (κ2) is 11.0. The maximum atomic E-state index is 14.3. The number of amides is 3. The number of carbonyl (C=O) groups excluding carboxylic acids is 2. The van der Waals surface area contributed by atoms with E-state index in [1.54, 1.807) is 19.1 Å². The van der Waals surface area contributed by atoms with Crippen molar-refractivity contribution in [3.63, 3.8) is 0 Å². The molecule has 0 bridgehead atoms. The van der Waals surface area contributed by atoms with Gasteiger partial charge in [0.1, 0.15) is 23.5 Å². The lowest BCUT2D eigenvalue weighted by Gasteiger charge is -2.39. The molecule has 3 aromatic rings. The molecule has 3 amide bonds. The summed E-state index contributed by atoms with van der Waals surface area (Å²) in [6, 6.07) is 10.1. The molecular formula is C25H22ClF3N4O4S. The molecule has 2 N–H and O–H groups in total. The first-order valence-electron chi connectivity index (χ1n) is 11.3. The maximum absolute atomic E-state index is 14.3. The van der Waals surface area contributed by atoms with Gasteiger partial charge in [0.2, 0.25) is 15.9 Å². The Labute approximate surface area is 222 Å². The number of anilines is 1. The third-order valence-corrected chi connectivity index (χ3v) is 7.59. The maximum Gasteiger partial charge on any atom is 0.323 e. The monoisotopic (exact) mass is 566 g/mol. The Morgan fingerprint density at radius 3 is 2.39 bits per heavy atom. The zero-order chi connectivity index (χ0) is 27.6. The van der Waals surface area contributed by atoms with Gasteiger partial charge in [-0.05, 0) is 43.3 Å². The van der Waals surface area contributed by atoms with E-state index in [2.05, 4.69) is 10.0 Å². The molecule has 13 heteroatoms. The number of benzene rings is 3. The van der Waals surface area contributed by atoms with Crippen molar-refractivity contribution in [3.8, 4) is 0 Å². The number of hydrogen-bond acceptors (Lipinski definition) is 4. The Hall–Kier alpha value is -3.61. The largest absolute Gasteiger partial charge is 0.323 e. The van der Waals surface area contributed by atoms with Gasteiger partial charge in [-0.1, -0.05) is 35.4 Å². The van der Waals surface area contributed by atoms with Gasteiger partial charge >= 0.3 is 6.03 Å². The highest BCUT2D eigenvalue weighted by atomic mass is 35.5. The summed E-state index contributed by atoms with van der Waals surface area (Å²) < 4.78 is 69.5. The van der Waals surface area contributed by atoms with Crippen LogP contribution in [0.3, 0.4) is 0 Å². The zero-order valence-corrected chi connectivity index (χ0v) is 21.5. The first-order valence-corrected chi connectivity index (χ1v) is 13.1. The van der Waals surface area contributed by atoms with Crippen LogP contribution in [0.1, 0.15) is 11.1 Å². The number of urea groups is 1. The molecule has 0 aromatic heterocycles. The standard InChI is InChI=1S/C25H22ClF3N4O4S/c1-15-2-7-19(8-3-15)38(36,37)31-23-13-33(25(35)30-18-6-9-21(28)20(26)11-18)14-32(24(23)34)12-16-4-5-17(27)10-22(16)29/h2-11,23,31H,12-14H2,1H3,(H,30,35). The smallest absolute Gasteiger partial charge is 0.319 e. The van der Waals surface area contributed by atoms with Gasteiger partial charge in [-0.3, -0.25) is 4.79 Å². The Morgan fingerprint density at radius 1 is 1.03 bits per heavy atom. The summed E-state index contributed by atoms with van der Waals surface area (Å²) in [5.41, 5.74) is 0.951. The van der Waals surface area contributed by atoms with Gasteiger partial charge in [0, 0.05) is 23.9 Å². The van der Waals surface area contributed by atoms with Crippen molar-refractivity contribution in [2.75, 3.05) is 18.5 Å². The van der Waals surface area contributed by atoms with E-state index < -0.39 is 45.5 Å². The molecule has 200 valence electrons. The average Bonchev–Trinajstić information content (AvgIpc) is 2.85. The molecule has 0 saturated carbocycles. The highest BCUT2D eigenvalue weighted by Gasteiger charge is 2.38. The first-order chi connectivity index (χ1) is 17.9. The van der Waals surface area contributed by atoms with Crippen LogP contribution < -0.4 is 10.0 Å². The SMILES string of the molecule is Cc1ccc(S(=O)(=O)NC2CN(C(=O)Nc3ccc(F)c(Cl)c3)CN(Cc3ccc(F)cc3F)C2=O)cc1. The number of aryl methyl sites for hydroxylation is 1. The molecular weight excluding hydrogens is 545 g/mol. The second-order valence-corrected chi connectivity index (χ2v) is 10.8. The molecule has 8 nitrogen and oxygen atoms in total. The fourth-order valence-corrected chi connectivity index (χ4v) is 5.18. The molecule has 1 aliphatic rings. The van der Waals surface area contributed by atoms with Crippen molar-refractivity contribution in [1.82, 2.24) is 14.5 Å². The first kappa shape index (κ1) is 27.4. The van der Waals surface area contributed by atoms with Crippen LogP contribution in [0, 0.1) is 24.4 Å². The van der Waals surface area contributed by atoms with Gasteiger partial charge in [0.15, 0.2) is 0 Å². The fraction of sp³-hybridized carbons (Fsp3) is 0.200.